The van der Waals surface area contributed by atoms with Crippen LogP contribution in [0, 0.1) is 5.41 Å². The number of nitrogens with zero attached hydrogens (tertiary/aromatic N) is 2. The summed E-state index contributed by atoms with van der Waals surface area (Å²) < 4.78 is 28.6. The van der Waals surface area contributed by atoms with Gasteiger partial charge in [-0.3, -0.25) is 19.2 Å². The molecule has 5 heterocycles. The fourth-order valence-corrected chi connectivity index (χ4v) is 8.20. The summed E-state index contributed by atoms with van der Waals surface area (Å²) in [6, 6.07) is 5.41. The number of aliphatic hydroxyl groups is 5. The van der Waals surface area contributed by atoms with Gasteiger partial charge in [-0.25, -0.2) is 0 Å². The van der Waals surface area contributed by atoms with Crippen LogP contribution in [0.4, 0.5) is 0 Å². The van der Waals surface area contributed by atoms with Gasteiger partial charge in [0.05, 0.1) is 26.4 Å². The highest BCUT2D eigenvalue weighted by Gasteiger charge is 2.75. The SMILES string of the molecule is O=C(NCCO)C1CCCN1C(=O)C12CC3OC(=O)C1N(Cc1ccccc1C=CCOC1OC(CO)C(O)C(O)C1O)OC2C1OCOC31. The van der Waals surface area contributed by atoms with Crippen LogP contribution >= 0.6 is 0 Å². The molecule has 12 atom stereocenters. The Bertz CT molecular complexity index is 1460. The monoisotopic (exact) mass is 705 g/mol. The van der Waals surface area contributed by atoms with Gasteiger partial charge in [0.1, 0.15) is 67.1 Å². The van der Waals surface area contributed by atoms with Gasteiger partial charge in [0.2, 0.25) is 11.8 Å². The first-order chi connectivity index (χ1) is 24.2. The molecule has 0 spiro atoms. The van der Waals surface area contributed by atoms with E-state index >= 15 is 0 Å². The number of hydrogen-bond acceptors (Lipinski definition) is 15. The summed E-state index contributed by atoms with van der Waals surface area (Å²) in [7, 11) is 0. The van der Waals surface area contributed by atoms with E-state index < -0.39 is 85.2 Å². The van der Waals surface area contributed by atoms with E-state index in [1.807, 2.05) is 24.3 Å². The second-order valence-corrected chi connectivity index (χ2v) is 13.4. The third-order valence-electron chi connectivity index (χ3n) is 10.6. The summed E-state index contributed by atoms with van der Waals surface area (Å²) in [5, 5.41) is 53.1. The normalized spacial score (nSPS) is 39.5. The Morgan fingerprint density at radius 2 is 1.88 bits per heavy atom. The van der Waals surface area contributed by atoms with E-state index in [1.165, 1.54) is 9.96 Å². The number of carbonyl (C=O) groups is 3. The third-order valence-corrected chi connectivity index (χ3v) is 10.6. The molecule has 6 N–H and O–H groups in total. The lowest BCUT2D eigenvalue weighted by molar-refractivity contribution is -0.298. The number of nitrogens with one attached hydrogen (secondary N) is 1. The predicted octanol–water partition coefficient (Wildman–Crippen LogP) is -2.84. The maximum absolute atomic E-state index is 14.8. The first-order valence-electron chi connectivity index (χ1n) is 16.9. The number of aliphatic hydroxyl groups excluding tert-OH is 5. The Morgan fingerprint density at radius 3 is 2.68 bits per heavy atom. The predicted molar refractivity (Wildman–Crippen MR) is 166 cm³/mol. The van der Waals surface area contributed by atoms with Gasteiger partial charge in [-0.1, -0.05) is 36.4 Å². The molecule has 6 fully saturated rings. The molecular weight excluding hydrogens is 662 g/mol. The van der Waals surface area contributed by atoms with Gasteiger partial charge >= 0.3 is 5.97 Å². The second kappa shape index (κ2) is 14.5. The van der Waals surface area contributed by atoms with E-state index in [1.54, 1.807) is 12.2 Å². The highest BCUT2D eigenvalue weighted by molar-refractivity contribution is 5.96. The van der Waals surface area contributed by atoms with Gasteiger partial charge < -0.3 is 59.4 Å². The Labute approximate surface area is 287 Å². The van der Waals surface area contributed by atoms with Crippen LogP contribution < -0.4 is 5.32 Å². The molecule has 5 saturated heterocycles. The fraction of sp³-hybridized carbons (Fsp3) is 0.667. The lowest BCUT2D eigenvalue weighted by atomic mass is 9.62. The summed E-state index contributed by atoms with van der Waals surface area (Å²) in [6.07, 6.45) is -5.35. The van der Waals surface area contributed by atoms with Gasteiger partial charge in [0.15, 0.2) is 12.3 Å². The van der Waals surface area contributed by atoms with Crippen LogP contribution in [0.2, 0.25) is 0 Å². The lowest BCUT2D eigenvalue weighted by Crippen LogP contribution is -2.70. The zero-order valence-electron chi connectivity index (χ0n) is 27.2. The number of fused-ring (bicyclic) bond motifs is 4. The van der Waals surface area contributed by atoms with Crippen molar-refractivity contribution in [1.29, 1.82) is 0 Å². The number of esters is 1. The lowest BCUT2D eigenvalue weighted by Gasteiger charge is -2.50. The summed E-state index contributed by atoms with van der Waals surface area (Å²) in [5.74, 6) is -1.38. The molecule has 2 amide bonds. The minimum Gasteiger partial charge on any atom is -0.458 e. The number of rotatable bonds is 11. The van der Waals surface area contributed by atoms with Crippen molar-refractivity contribution in [2.45, 2.75) is 93.0 Å². The van der Waals surface area contributed by atoms with E-state index in [2.05, 4.69) is 5.32 Å². The summed E-state index contributed by atoms with van der Waals surface area (Å²) in [6.45, 7) is -0.469. The molecule has 7 rings (SSSR count). The van der Waals surface area contributed by atoms with Crippen molar-refractivity contribution in [1.82, 2.24) is 15.3 Å². The van der Waals surface area contributed by atoms with Gasteiger partial charge in [0, 0.05) is 19.5 Å². The number of carbonyl (C=O) groups excluding carboxylic acids is 3. The van der Waals surface area contributed by atoms with Crippen LogP contribution in [-0.4, -0.2) is 160 Å². The van der Waals surface area contributed by atoms with E-state index in [9.17, 15) is 39.9 Å². The number of likely N-dealkylation sites (tertiary alicyclic amines) is 1. The number of amides is 2. The minimum absolute atomic E-state index is 0.0487. The molecule has 1 aromatic carbocycles. The van der Waals surface area contributed by atoms with Crippen molar-refractivity contribution in [2.75, 3.05) is 39.7 Å². The van der Waals surface area contributed by atoms with E-state index in [0.29, 0.717) is 19.4 Å². The largest absolute Gasteiger partial charge is 0.458 e. The van der Waals surface area contributed by atoms with Crippen molar-refractivity contribution >= 4 is 23.9 Å². The smallest absolute Gasteiger partial charge is 0.327 e. The quantitative estimate of drug-likeness (QED) is 0.128. The average Bonchev–Trinajstić information content (AvgIpc) is 3.88. The van der Waals surface area contributed by atoms with Crippen molar-refractivity contribution in [3.63, 3.8) is 0 Å². The molecule has 0 aromatic heterocycles. The van der Waals surface area contributed by atoms with E-state index in [4.69, 9.17) is 28.5 Å². The zero-order chi connectivity index (χ0) is 35.2. The zero-order valence-corrected chi connectivity index (χ0v) is 27.2. The second-order valence-electron chi connectivity index (χ2n) is 13.4. The maximum atomic E-state index is 14.8. The molecule has 0 radical (unpaired) electrons. The average molecular weight is 706 g/mol. The maximum Gasteiger partial charge on any atom is 0.327 e. The first kappa shape index (κ1) is 35.3. The van der Waals surface area contributed by atoms with Crippen LogP contribution in [0.15, 0.2) is 30.3 Å². The summed E-state index contributed by atoms with van der Waals surface area (Å²) in [4.78, 5) is 49.7. The van der Waals surface area contributed by atoms with E-state index in [-0.39, 0.29) is 51.3 Å². The Morgan fingerprint density at radius 1 is 1.08 bits per heavy atom. The van der Waals surface area contributed by atoms with Crippen LogP contribution in [0.5, 0.6) is 0 Å². The van der Waals surface area contributed by atoms with Gasteiger partial charge in [0.25, 0.3) is 0 Å². The first-order valence-corrected chi connectivity index (χ1v) is 16.9. The highest BCUT2D eigenvalue weighted by atomic mass is 16.8. The Kier molecular flexibility index (Phi) is 10.3. The van der Waals surface area contributed by atoms with Crippen LogP contribution in [0.25, 0.3) is 6.08 Å². The summed E-state index contributed by atoms with van der Waals surface area (Å²) >= 11 is 0. The highest BCUT2D eigenvalue weighted by Crippen LogP contribution is 2.56. The molecular formula is C33H43N3O14. The Balaban J connectivity index is 1.12. The van der Waals surface area contributed by atoms with Crippen molar-refractivity contribution in [2.24, 2.45) is 5.41 Å². The molecule has 6 aliphatic rings. The molecule has 1 saturated carbocycles. The minimum atomic E-state index is -1.56. The van der Waals surface area contributed by atoms with Crippen molar-refractivity contribution < 1.29 is 68.4 Å². The molecule has 5 aliphatic heterocycles. The van der Waals surface area contributed by atoms with Gasteiger partial charge in [-0.15, -0.1) is 0 Å². The molecule has 17 nitrogen and oxygen atoms in total. The van der Waals surface area contributed by atoms with Crippen LogP contribution in [-0.2, 0) is 49.5 Å². The van der Waals surface area contributed by atoms with Crippen LogP contribution in [0.3, 0.4) is 0 Å². The molecule has 12 unspecified atom stereocenters. The van der Waals surface area contributed by atoms with Crippen molar-refractivity contribution in [3.05, 3.63) is 41.5 Å². The topological polar surface area (TPSA) is 226 Å². The number of ether oxygens (including phenoxy) is 5. The molecule has 17 heteroatoms. The molecule has 274 valence electrons. The summed E-state index contributed by atoms with van der Waals surface area (Å²) in [5.41, 5.74) is 0.0401. The number of hydroxylamine groups is 2. The van der Waals surface area contributed by atoms with Gasteiger partial charge in [-0.05, 0) is 24.0 Å². The van der Waals surface area contributed by atoms with E-state index in [0.717, 1.165) is 11.1 Å². The number of benzene rings is 1. The van der Waals surface area contributed by atoms with Gasteiger partial charge in [-0.2, -0.15) is 5.06 Å². The third kappa shape index (κ3) is 6.03. The molecule has 2 bridgehead atoms. The Hall–Kier alpha value is -3.07. The van der Waals surface area contributed by atoms with Crippen LogP contribution in [0.1, 0.15) is 30.4 Å². The fourth-order valence-electron chi connectivity index (χ4n) is 8.20. The standard InChI is InChI=1S/C33H43N3O14/c37-11-9-34-29(42)19-8-3-10-35(19)32(44)33-13-20-25-26(47-16-46-25)28(33)50-36(27(33)30(43)48-20)14-18-6-2-1-5-17(18)7-4-12-45-31-24(41)23(40)22(39)21(15-38)49-31/h1-2,4-7,19-28,31,37-41H,3,8-16H2,(H,34,42). The number of hydrogen-bond donors (Lipinski definition) is 6. The molecule has 50 heavy (non-hydrogen) atoms. The molecule has 1 aromatic rings. The van der Waals surface area contributed by atoms with Crippen molar-refractivity contribution in [3.8, 4) is 0 Å². The molecule has 1 aliphatic carbocycles.